The van der Waals surface area contributed by atoms with Crippen LogP contribution in [0.4, 0.5) is 0 Å². The van der Waals surface area contributed by atoms with Crippen LogP contribution in [-0.4, -0.2) is 0 Å². The van der Waals surface area contributed by atoms with Gasteiger partial charge in [-0.05, 0) is 0 Å². The zero-order chi connectivity index (χ0) is 0. The van der Waals surface area contributed by atoms with Crippen molar-refractivity contribution in [3.05, 3.63) is 0 Å². The van der Waals surface area contributed by atoms with Crippen molar-refractivity contribution in [2.24, 2.45) is 0 Å². The van der Waals surface area contributed by atoms with Gasteiger partial charge in [-0.1, -0.05) is 0 Å². The molecule has 0 heterocycles. The Bertz CT molecular complexity index is 5.51. The molecule has 0 fully saturated rings. The second-order valence-electron chi connectivity index (χ2n) is 0. The van der Waals surface area contributed by atoms with Gasteiger partial charge in [0.05, 0.1) is 0 Å². The van der Waals surface area contributed by atoms with Crippen LogP contribution in [0.3, 0.4) is 0 Å². The molecule has 0 aromatic heterocycles. The van der Waals surface area contributed by atoms with Gasteiger partial charge >= 0.3 is 39.0 Å². The summed E-state index contributed by atoms with van der Waals surface area (Å²) in [6.07, 6.45) is 0. The molecule has 0 spiro atoms. The maximum absolute atomic E-state index is 0. The van der Waals surface area contributed by atoms with Gasteiger partial charge in [0.2, 0.25) is 0 Å². The summed E-state index contributed by atoms with van der Waals surface area (Å²) in [6.45, 7) is 0. The standard InChI is InChI=1S/4ClH.2Ru/h4*1H;;/q;;;;2*+2/p-4. The number of halogens is 4. The molecule has 0 radical (unpaired) electrons. The van der Waals surface area contributed by atoms with E-state index in [2.05, 4.69) is 0 Å². The minimum atomic E-state index is 0. The maximum Gasteiger partial charge on any atom is 2.00 e. The molecule has 0 N–H and O–H groups in total. The van der Waals surface area contributed by atoms with E-state index < -0.39 is 0 Å². The maximum atomic E-state index is 0. The van der Waals surface area contributed by atoms with E-state index in [-0.39, 0.29) is 88.6 Å². The van der Waals surface area contributed by atoms with E-state index in [1.807, 2.05) is 0 Å². The van der Waals surface area contributed by atoms with Crippen LogP contribution in [0.2, 0.25) is 0 Å². The fourth-order valence-electron chi connectivity index (χ4n) is 0. The zero-order valence-corrected chi connectivity index (χ0v) is 8.72. The molecule has 0 aliphatic carbocycles. The molecule has 6 heteroatoms. The summed E-state index contributed by atoms with van der Waals surface area (Å²) in [5, 5.41) is 0. The molecular weight excluding hydrogens is 344 g/mol. The first-order valence-electron chi connectivity index (χ1n) is 0. The molecule has 0 saturated carbocycles. The fourth-order valence-corrected chi connectivity index (χ4v) is 0. The quantitative estimate of drug-likeness (QED) is 0.383. The Labute approximate surface area is 87.7 Å². The van der Waals surface area contributed by atoms with Gasteiger partial charge in [0, 0.05) is 0 Å². The van der Waals surface area contributed by atoms with E-state index in [9.17, 15) is 0 Å². The van der Waals surface area contributed by atoms with Crippen LogP contribution in [0.25, 0.3) is 0 Å². The third-order valence-corrected chi connectivity index (χ3v) is 0. The average Bonchev–Trinajstić information content (AvgIpc) is 0. The Kier molecular flexibility index (Phi) is 696. The van der Waals surface area contributed by atoms with Crippen LogP contribution < -0.4 is 49.6 Å². The minimum absolute atomic E-state index is 0. The molecular formula is Cl4Ru2. The van der Waals surface area contributed by atoms with Gasteiger partial charge in [0.25, 0.3) is 0 Å². The SMILES string of the molecule is [Cl-].[Cl-].[Cl-].[Cl-].[Ru+2].[Ru+2]. The van der Waals surface area contributed by atoms with Crippen molar-refractivity contribution in [2.75, 3.05) is 0 Å². The Hall–Kier alpha value is 2.41. The second-order valence-corrected chi connectivity index (χ2v) is 0. The number of hydrogen-bond donors (Lipinski definition) is 0. The fraction of sp³-hybridized carbons (Fsp3) is 0. The molecule has 0 rings (SSSR count). The predicted molar refractivity (Wildman–Crippen MR) is 0 cm³/mol. The molecule has 0 aliphatic rings. The van der Waals surface area contributed by atoms with Crippen LogP contribution in [-0.2, 0) is 39.0 Å². The Morgan fingerprint density at radius 3 is 0.333 bits per heavy atom. The van der Waals surface area contributed by atoms with Crippen molar-refractivity contribution in [3.8, 4) is 0 Å². The molecule has 0 saturated heterocycles. The van der Waals surface area contributed by atoms with Crippen molar-refractivity contribution in [3.63, 3.8) is 0 Å². The predicted octanol–water partition coefficient (Wildman–Crippen LogP) is -12.0. The van der Waals surface area contributed by atoms with Gasteiger partial charge < -0.3 is 49.6 Å². The van der Waals surface area contributed by atoms with Gasteiger partial charge in [-0.25, -0.2) is 0 Å². The van der Waals surface area contributed by atoms with Crippen LogP contribution in [0, 0.1) is 0 Å². The van der Waals surface area contributed by atoms with Crippen LogP contribution in [0.5, 0.6) is 0 Å². The largest absolute Gasteiger partial charge is 2.00 e. The number of hydrogen-bond acceptors (Lipinski definition) is 0. The molecule has 0 nitrogen and oxygen atoms in total. The summed E-state index contributed by atoms with van der Waals surface area (Å²) < 4.78 is 0. The van der Waals surface area contributed by atoms with Crippen LogP contribution in [0.1, 0.15) is 0 Å². The first-order valence-corrected chi connectivity index (χ1v) is 0. The number of rotatable bonds is 0. The van der Waals surface area contributed by atoms with Crippen LogP contribution >= 0.6 is 0 Å². The summed E-state index contributed by atoms with van der Waals surface area (Å²) in [7, 11) is 0. The monoisotopic (exact) mass is 344 g/mol. The Balaban J connectivity index is 0. The summed E-state index contributed by atoms with van der Waals surface area (Å²) >= 11 is 0. The summed E-state index contributed by atoms with van der Waals surface area (Å²) in [5.41, 5.74) is 0. The molecule has 44 valence electrons. The molecule has 0 aromatic rings. The van der Waals surface area contributed by atoms with Gasteiger partial charge in [0.1, 0.15) is 0 Å². The van der Waals surface area contributed by atoms with E-state index >= 15 is 0 Å². The van der Waals surface area contributed by atoms with Gasteiger partial charge in [0.15, 0.2) is 0 Å². The molecule has 0 aromatic carbocycles. The summed E-state index contributed by atoms with van der Waals surface area (Å²) in [6, 6.07) is 0. The van der Waals surface area contributed by atoms with E-state index in [0.717, 1.165) is 0 Å². The van der Waals surface area contributed by atoms with Crippen LogP contribution in [0.15, 0.2) is 0 Å². The Morgan fingerprint density at radius 2 is 0.333 bits per heavy atom. The first kappa shape index (κ1) is 79.6. The smallest absolute Gasteiger partial charge is 1.00 e. The van der Waals surface area contributed by atoms with Crippen molar-refractivity contribution < 1.29 is 88.6 Å². The topological polar surface area (TPSA) is 0 Å². The first-order chi connectivity index (χ1) is 0. The minimum Gasteiger partial charge on any atom is -1.00 e. The van der Waals surface area contributed by atoms with Gasteiger partial charge in [-0.15, -0.1) is 0 Å². The van der Waals surface area contributed by atoms with Crippen molar-refractivity contribution in [1.29, 1.82) is 0 Å². The Morgan fingerprint density at radius 1 is 0.333 bits per heavy atom. The zero-order valence-electron chi connectivity index (χ0n) is 2.22. The summed E-state index contributed by atoms with van der Waals surface area (Å²) in [4.78, 5) is 0. The molecule has 0 bridgehead atoms. The second kappa shape index (κ2) is 52.5. The summed E-state index contributed by atoms with van der Waals surface area (Å²) in [5.74, 6) is 0. The molecule has 0 atom stereocenters. The van der Waals surface area contributed by atoms with Crippen molar-refractivity contribution in [2.45, 2.75) is 0 Å². The van der Waals surface area contributed by atoms with E-state index in [0.29, 0.717) is 0 Å². The van der Waals surface area contributed by atoms with E-state index in [1.165, 1.54) is 0 Å². The average molecular weight is 344 g/mol. The van der Waals surface area contributed by atoms with Crippen molar-refractivity contribution >= 4 is 0 Å². The third-order valence-electron chi connectivity index (χ3n) is 0. The van der Waals surface area contributed by atoms with E-state index in [4.69, 9.17) is 0 Å². The van der Waals surface area contributed by atoms with Gasteiger partial charge in [-0.3, -0.25) is 0 Å². The molecule has 0 unspecified atom stereocenters. The normalized spacial score (nSPS) is 0. The molecule has 0 aliphatic heterocycles. The third kappa shape index (κ3) is 32.3. The molecule has 6 heavy (non-hydrogen) atoms. The van der Waals surface area contributed by atoms with E-state index in [1.54, 1.807) is 0 Å². The van der Waals surface area contributed by atoms with Gasteiger partial charge in [-0.2, -0.15) is 0 Å². The molecule has 0 amide bonds. The van der Waals surface area contributed by atoms with Crippen molar-refractivity contribution in [1.82, 2.24) is 0 Å².